The van der Waals surface area contributed by atoms with Crippen LogP contribution in [0, 0.1) is 0 Å². The Balaban J connectivity index is 1.73. The number of carbonyl (C=O) groups excluding carboxylic acids is 3. The van der Waals surface area contributed by atoms with Crippen LogP contribution in [0.15, 0.2) is 54.6 Å². The van der Waals surface area contributed by atoms with Crippen molar-refractivity contribution in [3.05, 3.63) is 60.2 Å². The number of imide groups is 1. The summed E-state index contributed by atoms with van der Waals surface area (Å²) in [4.78, 5) is 37.1. The second kappa shape index (κ2) is 6.44. The summed E-state index contributed by atoms with van der Waals surface area (Å²) in [6, 6.07) is 15.6. The Morgan fingerprint density at radius 1 is 0.870 bits per heavy atom. The summed E-state index contributed by atoms with van der Waals surface area (Å²) >= 11 is 0. The van der Waals surface area contributed by atoms with Crippen molar-refractivity contribution in [1.82, 2.24) is 0 Å². The van der Waals surface area contributed by atoms with Crippen LogP contribution in [0.3, 0.4) is 0 Å². The minimum Gasteiger partial charge on any atom is -0.322 e. The molecule has 23 heavy (non-hydrogen) atoms. The van der Waals surface area contributed by atoms with E-state index in [1.807, 2.05) is 6.07 Å². The van der Waals surface area contributed by atoms with Crippen LogP contribution in [-0.4, -0.2) is 17.7 Å². The molecule has 3 rings (SSSR count). The minimum atomic E-state index is -0.205. The van der Waals surface area contributed by atoms with Crippen LogP contribution in [-0.2, 0) is 9.59 Å². The van der Waals surface area contributed by atoms with Crippen molar-refractivity contribution in [2.75, 3.05) is 10.2 Å². The van der Waals surface area contributed by atoms with Crippen molar-refractivity contribution in [3.63, 3.8) is 0 Å². The summed E-state index contributed by atoms with van der Waals surface area (Å²) in [5, 5.41) is 2.78. The highest BCUT2D eigenvalue weighted by atomic mass is 16.2. The molecule has 5 heteroatoms. The standard InChI is InChI=1S/C18H16N2O3/c21-16-7-4-8-17(22)20(16)15-11-9-14(10-12-15)19-18(23)13-5-2-1-3-6-13/h1-3,5-6,9-12H,4,7-8H2,(H,19,23). The van der Waals surface area contributed by atoms with Gasteiger partial charge in [-0.2, -0.15) is 0 Å². The van der Waals surface area contributed by atoms with Crippen molar-refractivity contribution in [1.29, 1.82) is 0 Å². The van der Waals surface area contributed by atoms with Crippen LogP contribution in [0.5, 0.6) is 0 Å². The molecule has 0 bridgehead atoms. The third-order valence-corrected chi connectivity index (χ3v) is 3.70. The van der Waals surface area contributed by atoms with E-state index in [-0.39, 0.29) is 17.7 Å². The number of hydrogen-bond acceptors (Lipinski definition) is 3. The molecule has 1 fully saturated rings. The van der Waals surface area contributed by atoms with E-state index in [1.165, 1.54) is 4.90 Å². The SMILES string of the molecule is O=C(Nc1ccc(N2C(=O)CCCC2=O)cc1)c1ccccc1. The summed E-state index contributed by atoms with van der Waals surface area (Å²) in [7, 11) is 0. The molecular formula is C18H16N2O3. The van der Waals surface area contributed by atoms with Crippen LogP contribution in [0.2, 0.25) is 0 Å². The topological polar surface area (TPSA) is 66.5 Å². The van der Waals surface area contributed by atoms with Crippen LogP contribution >= 0.6 is 0 Å². The molecule has 116 valence electrons. The molecule has 0 aromatic heterocycles. The highest BCUT2D eigenvalue weighted by Gasteiger charge is 2.27. The van der Waals surface area contributed by atoms with Crippen molar-refractivity contribution in [2.24, 2.45) is 0 Å². The Hall–Kier alpha value is -2.95. The van der Waals surface area contributed by atoms with Crippen molar-refractivity contribution in [3.8, 4) is 0 Å². The Bertz CT molecular complexity index is 723. The molecule has 2 aromatic carbocycles. The highest BCUT2D eigenvalue weighted by molar-refractivity contribution is 6.16. The van der Waals surface area contributed by atoms with Gasteiger partial charge >= 0.3 is 0 Å². The molecule has 1 aliphatic rings. The molecule has 3 amide bonds. The zero-order valence-corrected chi connectivity index (χ0v) is 12.5. The van der Waals surface area contributed by atoms with Crippen molar-refractivity contribution >= 4 is 29.1 Å². The van der Waals surface area contributed by atoms with Crippen molar-refractivity contribution < 1.29 is 14.4 Å². The lowest BCUT2D eigenvalue weighted by Gasteiger charge is -2.24. The van der Waals surface area contributed by atoms with Gasteiger partial charge in [-0.1, -0.05) is 18.2 Å². The predicted molar refractivity (Wildman–Crippen MR) is 87.2 cm³/mol. The first-order chi connectivity index (χ1) is 11.1. The normalized spacial score (nSPS) is 14.7. The first-order valence-electron chi connectivity index (χ1n) is 7.47. The van der Waals surface area contributed by atoms with Crippen LogP contribution < -0.4 is 10.2 Å². The van der Waals surface area contributed by atoms with E-state index in [9.17, 15) is 14.4 Å². The largest absolute Gasteiger partial charge is 0.322 e. The van der Waals surface area contributed by atoms with E-state index in [0.717, 1.165) is 0 Å². The number of benzene rings is 2. The lowest BCUT2D eigenvalue weighted by atomic mass is 10.1. The van der Waals surface area contributed by atoms with E-state index in [4.69, 9.17) is 0 Å². The second-order valence-corrected chi connectivity index (χ2v) is 5.34. The Labute approximate surface area is 133 Å². The van der Waals surface area contributed by atoms with Crippen molar-refractivity contribution in [2.45, 2.75) is 19.3 Å². The van der Waals surface area contributed by atoms with Gasteiger partial charge in [0.2, 0.25) is 11.8 Å². The van der Waals surface area contributed by atoms with Gasteiger partial charge in [0.25, 0.3) is 5.91 Å². The maximum Gasteiger partial charge on any atom is 0.255 e. The Morgan fingerprint density at radius 3 is 2.09 bits per heavy atom. The van der Waals surface area contributed by atoms with E-state index < -0.39 is 0 Å². The predicted octanol–water partition coefficient (Wildman–Crippen LogP) is 2.98. The summed E-state index contributed by atoms with van der Waals surface area (Å²) in [5.74, 6) is -0.562. The lowest BCUT2D eigenvalue weighted by molar-refractivity contribution is -0.129. The highest BCUT2D eigenvalue weighted by Crippen LogP contribution is 2.23. The zero-order chi connectivity index (χ0) is 16.2. The number of nitrogens with one attached hydrogen (secondary N) is 1. The van der Waals surface area contributed by atoms with Gasteiger partial charge < -0.3 is 5.32 Å². The first-order valence-corrected chi connectivity index (χ1v) is 7.47. The number of carbonyl (C=O) groups is 3. The van der Waals surface area contributed by atoms with E-state index in [1.54, 1.807) is 48.5 Å². The average Bonchev–Trinajstić information content (AvgIpc) is 2.57. The number of nitrogens with zero attached hydrogens (tertiary/aromatic N) is 1. The fourth-order valence-corrected chi connectivity index (χ4v) is 2.53. The molecular weight excluding hydrogens is 292 g/mol. The number of piperidine rings is 1. The average molecular weight is 308 g/mol. The Kier molecular flexibility index (Phi) is 4.19. The van der Waals surface area contributed by atoms with Gasteiger partial charge in [0, 0.05) is 24.1 Å². The van der Waals surface area contributed by atoms with Gasteiger partial charge in [0.05, 0.1) is 5.69 Å². The quantitative estimate of drug-likeness (QED) is 0.886. The lowest BCUT2D eigenvalue weighted by Crippen LogP contribution is -2.40. The van der Waals surface area contributed by atoms with E-state index >= 15 is 0 Å². The Morgan fingerprint density at radius 2 is 1.48 bits per heavy atom. The summed E-state index contributed by atoms with van der Waals surface area (Å²) < 4.78 is 0. The van der Waals surface area contributed by atoms with Gasteiger partial charge in [0.15, 0.2) is 0 Å². The molecule has 1 aliphatic heterocycles. The van der Waals surface area contributed by atoms with Gasteiger partial charge in [0.1, 0.15) is 0 Å². The zero-order valence-electron chi connectivity index (χ0n) is 12.5. The molecule has 0 spiro atoms. The molecule has 0 aliphatic carbocycles. The second-order valence-electron chi connectivity index (χ2n) is 5.34. The summed E-state index contributed by atoms with van der Waals surface area (Å²) in [6.07, 6.45) is 1.38. The molecule has 2 aromatic rings. The van der Waals surface area contributed by atoms with E-state index in [0.29, 0.717) is 36.2 Å². The monoisotopic (exact) mass is 308 g/mol. The number of anilines is 2. The maximum atomic E-state index is 12.1. The number of rotatable bonds is 3. The number of amides is 3. The molecule has 0 atom stereocenters. The minimum absolute atomic E-state index is 0.178. The molecule has 1 heterocycles. The van der Waals surface area contributed by atoms with Gasteiger partial charge in [-0.3, -0.25) is 19.3 Å². The fourth-order valence-electron chi connectivity index (χ4n) is 2.53. The third-order valence-electron chi connectivity index (χ3n) is 3.70. The molecule has 5 nitrogen and oxygen atoms in total. The summed E-state index contributed by atoms with van der Waals surface area (Å²) in [6.45, 7) is 0. The fraction of sp³-hybridized carbons (Fsp3) is 0.167. The van der Waals surface area contributed by atoms with Gasteiger partial charge in [-0.15, -0.1) is 0 Å². The van der Waals surface area contributed by atoms with Crippen LogP contribution in [0.1, 0.15) is 29.6 Å². The van der Waals surface area contributed by atoms with Gasteiger partial charge in [-0.25, -0.2) is 0 Å². The number of hydrogen-bond donors (Lipinski definition) is 1. The molecule has 0 saturated carbocycles. The molecule has 1 saturated heterocycles. The van der Waals surface area contributed by atoms with Crippen LogP contribution in [0.4, 0.5) is 11.4 Å². The third kappa shape index (κ3) is 3.29. The van der Waals surface area contributed by atoms with E-state index in [2.05, 4.69) is 5.32 Å². The van der Waals surface area contributed by atoms with Crippen LogP contribution in [0.25, 0.3) is 0 Å². The smallest absolute Gasteiger partial charge is 0.255 e. The maximum absolute atomic E-state index is 12.1. The molecule has 0 unspecified atom stereocenters. The summed E-state index contributed by atoms with van der Waals surface area (Å²) in [5.41, 5.74) is 1.72. The molecule has 0 radical (unpaired) electrons. The first kappa shape index (κ1) is 15.0. The van der Waals surface area contributed by atoms with Gasteiger partial charge in [-0.05, 0) is 42.8 Å². The molecule has 1 N–H and O–H groups in total.